The summed E-state index contributed by atoms with van der Waals surface area (Å²) in [7, 11) is 1.64. The first-order chi connectivity index (χ1) is 12.2. The van der Waals surface area contributed by atoms with E-state index in [1.807, 2.05) is 41.3 Å². The Hall–Kier alpha value is -2.56. The lowest BCUT2D eigenvalue weighted by molar-refractivity contribution is 0.0602. The van der Waals surface area contributed by atoms with Gasteiger partial charge in [0.25, 0.3) is 5.91 Å². The van der Waals surface area contributed by atoms with Crippen LogP contribution in [0.25, 0.3) is 0 Å². The molecular weight excluding hydrogens is 314 g/mol. The maximum absolute atomic E-state index is 12.9. The summed E-state index contributed by atoms with van der Waals surface area (Å²) in [6.45, 7) is 2.97. The van der Waals surface area contributed by atoms with E-state index in [-0.39, 0.29) is 5.91 Å². The van der Waals surface area contributed by atoms with Crippen LogP contribution in [0.5, 0.6) is 5.75 Å². The molecule has 1 aliphatic heterocycles. The van der Waals surface area contributed by atoms with Crippen LogP contribution < -0.4 is 10.1 Å². The molecule has 1 aliphatic rings. The fraction of sp³-hybridized carbons (Fsp3) is 0.400. The number of nitrogens with zero attached hydrogens (tertiary/aromatic N) is 2. The van der Waals surface area contributed by atoms with E-state index in [2.05, 4.69) is 17.2 Å². The van der Waals surface area contributed by atoms with Gasteiger partial charge in [-0.1, -0.05) is 13.0 Å². The van der Waals surface area contributed by atoms with Crippen molar-refractivity contribution in [1.82, 2.24) is 9.88 Å². The molecule has 5 heteroatoms. The van der Waals surface area contributed by atoms with E-state index in [9.17, 15) is 4.79 Å². The number of piperidine rings is 1. The maximum Gasteiger partial charge on any atom is 0.272 e. The van der Waals surface area contributed by atoms with Gasteiger partial charge in [-0.3, -0.25) is 9.78 Å². The third-order valence-electron chi connectivity index (χ3n) is 4.70. The van der Waals surface area contributed by atoms with Gasteiger partial charge in [-0.25, -0.2) is 0 Å². The maximum atomic E-state index is 12.9. The van der Waals surface area contributed by atoms with Gasteiger partial charge in [-0.2, -0.15) is 0 Å². The second-order valence-corrected chi connectivity index (χ2v) is 6.34. The van der Waals surface area contributed by atoms with Gasteiger partial charge in [0.05, 0.1) is 7.11 Å². The lowest BCUT2D eigenvalue weighted by Gasteiger charge is -2.35. The average molecular weight is 339 g/mol. The number of benzene rings is 1. The smallest absolute Gasteiger partial charge is 0.272 e. The zero-order valence-corrected chi connectivity index (χ0v) is 14.9. The van der Waals surface area contributed by atoms with E-state index >= 15 is 0 Å². The predicted octanol–water partition coefficient (Wildman–Crippen LogP) is 4.24. The molecule has 0 aliphatic carbocycles. The Morgan fingerprint density at radius 2 is 2.12 bits per heavy atom. The first-order valence-corrected chi connectivity index (χ1v) is 8.89. The van der Waals surface area contributed by atoms with E-state index in [4.69, 9.17) is 4.74 Å². The van der Waals surface area contributed by atoms with Crippen molar-refractivity contribution in [3.63, 3.8) is 0 Å². The van der Waals surface area contributed by atoms with Gasteiger partial charge in [-0.05, 0) is 49.9 Å². The van der Waals surface area contributed by atoms with Crippen molar-refractivity contribution in [1.29, 1.82) is 0 Å². The first-order valence-electron chi connectivity index (χ1n) is 8.89. The van der Waals surface area contributed by atoms with Crippen LogP contribution in [0.15, 0.2) is 42.6 Å². The standard InChI is InChI=1S/C20H25N3O2/c1-3-17-8-4-5-12-23(17)20(24)19-14-16(10-11-21-19)22-15-7-6-9-18(13-15)25-2/h6-7,9-11,13-14,17H,3-5,8,12H2,1-2H3,(H,21,22). The Morgan fingerprint density at radius 3 is 2.92 bits per heavy atom. The molecule has 1 saturated heterocycles. The fourth-order valence-corrected chi connectivity index (χ4v) is 3.33. The van der Waals surface area contributed by atoms with Crippen molar-refractivity contribution in [3.05, 3.63) is 48.3 Å². The molecule has 1 aromatic carbocycles. The largest absolute Gasteiger partial charge is 0.497 e. The molecule has 0 saturated carbocycles. The van der Waals surface area contributed by atoms with Crippen LogP contribution in [0.2, 0.25) is 0 Å². The first kappa shape index (κ1) is 17.3. The van der Waals surface area contributed by atoms with Gasteiger partial charge >= 0.3 is 0 Å². The Kier molecular flexibility index (Phi) is 5.53. The number of aromatic nitrogens is 1. The number of hydrogen-bond donors (Lipinski definition) is 1. The third-order valence-corrected chi connectivity index (χ3v) is 4.70. The molecule has 0 radical (unpaired) electrons. The van der Waals surface area contributed by atoms with E-state index < -0.39 is 0 Å². The third kappa shape index (κ3) is 4.10. The summed E-state index contributed by atoms with van der Waals surface area (Å²) in [5, 5.41) is 3.31. The molecule has 2 heterocycles. The van der Waals surface area contributed by atoms with Crippen LogP contribution in [0, 0.1) is 0 Å². The molecule has 1 aromatic heterocycles. The number of ether oxygens (including phenoxy) is 1. The summed E-state index contributed by atoms with van der Waals surface area (Å²) in [5.74, 6) is 0.815. The number of likely N-dealkylation sites (tertiary alicyclic amines) is 1. The van der Waals surface area contributed by atoms with Gasteiger partial charge < -0.3 is 15.0 Å². The van der Waals surface area contributed by atoms with Gasteiger partial charge in [0.1, 0.15) is 11.4 Å². The SMILES string of the molecule is CCC1CCCCN1C(=O)c1cc(Nc2cccc(OC)c2)ccn1. The van der Waals surface area contributed by atoms with Crippen LogP contribution in [0.4, 0.5) is 11.4 Å². The second kappa shape index (κ2) is 8.01. The molecule has 0 bridgehead atoms. The molecule has 1 N–H and O–H groups in total. The Bertz CT molecular complexity index is 732. The monoisotopic (exact) mass is 339 g/mol. The number of amides is 1. The Balaban J connectivity index is 1.77. The predicted molar refractivity (Wildman–Crippen MR) is 99.5 cm³/mol. The fourth-order valence-electron chi connectivity index (χ4n) is 3.33. The van der Waals surface area contributed by atoms with Crippen LogP contribution in [-0.4, -0.2) is 35.5 Å². The summed E-state index contributed by atoms with van der Waals surface area (Å²) in [4.78, 5) is 19.2. The highest BCUT2D eigenvalue weighted by molar-refractivity contribution is 5.93. The number of hydrogen-bond acceptors (Lipinski definition) is 4. The Morgan fingerprint density at radius 1 is 1.28 bits per heavy atom. The van der Waals surface area contributed by atoms with Crippen LogP contribution >= 0.6 is 0 Å². The number of rotatable bonds is 5. The molecule has 1 unspecified atom stereocenters. The molecule has 2 aromatic rings. The number of nitrogens with one attached hydrogen (secondary N) is 1. The van der Waals surface area contributed by atoms with Gasteiger partial charge in [0.2, 0.25) is 0 Å². The summed E-state index contributed by atoms with van der Waals surface area (Å²) < 4.78 is 5.24. The molecule has 0 spiro atoms. The number of pyridine rings is 1. The highest BCUT2D eigenvalue weighted by Gasteiger charge is 2.26. The number of carbonyl (C=O) groups excluding carboxylic acids is 1. The van der Waals surface area contributed by atoms with Gasteiger partial charge in [-0.15, -0.1) is 0 Å². The minimum atomic E-state index is 0.0286. The molecule has 3 rings (SSSR count). The summed E-state index contributed by atoms with van der Waals surface area (Å²) >= 11 is 0. The van der Waals surface area contributed by atoms with Crippen molar-refractivity contribution in [2.45, 2.75) is 38.6 Å². The summed E-state index contributed by atoms with van der Waals surface area (Å²) in [6, 6.07) is 11.7. The normalized spacial score (nSPS) is 17.2. The van der Waals surface area contributed by atoms with Crippen molar-refractivity contribution in [3.8, 4) is 5.75 Å². The topological polar surface area (TPSA) is 54.5 Å². The summed E-state index contributed by atoms with van der Waals surface area (Å²) in [6.07, 6.45) is 6.04. The van der Waals surface area contributed by atoms with Crippen molar-refractivity contribution < 1.29 is 9.53 Å². The van der Waals surface area contributed by atoms with E-state index in [1.54, 1.807) is 13.3 Å². The van der Waals surface area contributed by atoms with Crippen LogP contribution in [0.1, 0.15) is 43.1 Å². The number of carbonyl (C=O) groups is 1. The van der Waals surface area contributed by atoms with Gasteiger partial charge in [0.15, 0.2) is 0 Å². The van der Waals surface area contributed by atoms with E-state index in [0.717, 1.165) is 42.9 Å². The van der Waals surface area contributed by atoms with Crippen LogP contribution in [0.3, 0.4) is 0 Å². The lowest BCUT2D eigenvalue weighted by atomic mass is 9.99. The Labute approximate surface area is 149 Å². The van der Waals surface area contributed by atoms with Crippen molar-refractivity contribution in [2.75, 3.05) is 19.0 Å². The average Bonchev–Trinajstić information content (AvgIpc) is 2.67. The lowest BCUT2D eigenvalue weighted by Crippen LogP contribution is -2.43. The molecule has 5 nitrogen and oxygen atoms in total. The highest BCUT2D eigenvalue weighted by atomic mass is 16.5. The number of methoxy groups -OCH3 is 1. The number of anilines is 2. The summed E-state index contributed by atoms with van der Waals surface area (Å²) in [5.41, 5.74) is 2.25. The van der Waals surface area contributed by atoms with E-state index in [0.29, 0.717) is 11.7 Å². The van der Waals surface area contributed by atoms with Crippen LogP contribution in [-0.2, 0) is 0 Å². The van der Waals surface area contributed by atoms with E-state index in [1.165, 1.54) is 6.42 Å². The van der Waals surface area contributed by atoms with Gasteiger partial charge in [0, 0.05) is 36.2 Å². The molecular formula is C20H25N3O2. The molecule has 132 valence electrons. The van der Waals surface area contributed by atoms with Crippen molar-refractivity contribution >= 4 is 17.3 Å². The molecule has 1 amide bonds. The van der Waals surface area contributed by atoms with Crippen molar-refractivity contribution in [2.24, 2.45) is 0 Å². The highest BCUT2D eigenvalue weighted by Crippen LogP contribution is 2.24. The molecule has 1 atom stereocenters. The quantitative estimate of drug-likeness (QED) is 0.885. The minimum absolute atomic E-state index is 0.0286. The minimum Gasteiger partial charge on any atom is -0.497 e. The zero-order valence-electron chi connectivity index (χ0n) is 14.9. The molecule has 1 fully saturated rings. The second-order valence-electron chi connectivity index (χ2n) is 6.34. The zero-order chi connectivity index (χ0) is 17.6. The molecule has 25 heavy (non-hydrogen) atoms.